The molecule has 134 valence electrons. The zero-order valence-electron chi connectivity index (χ0n) is 14.2. The topological polar surface area (TPSA) is 80.3 Å². The van der Waals surface area contributed by atoms with Crippen LogP contribution in [-0.4, -0.2) is 30.5 Å². The Morgan fingerprint density at radius 3 is 2.42 bits per heavy atom. The fourth-order valence-corrected chi connectivity index (χ4v) is 3.94. The van der Waals surface area contributed by atoms with Gasteiger partial charge in [0.05, 0.1) is 5.69 Å². The van der Waals surface area contributed by atoms with E-state index in [1.807, 2.05) is 23.8 Å². The molecule has 0 saturated carbocycles. The molecular formula is C18H17N3O3S2. The molecule has 2 N–H and O–H groups in total. The van der Waals surface area contributed by atoms with Gasteiger partial charge in [0.2, 0.25) is 5.91 Å². The summed E-state index contributed by atoms with van der Waals surface area (Å²) in [5.41, 5.74) is 3.01. The van der Waals surface area contributed by atoms with Gasteiger partial charge in [0.1, 0.15) is 16.5 Å². The summed E-state index contributed by atoms with van der Waals surface area (Å²) in [4.78, 5) is 29.1. The molecule has 0 atom stereocenters. The van der Waals surface area contributed by atoms with Crippen molar-refractivity contribution in [1.29, 1.82) is 0 Å². The number of benzene rings is 1. The van der Waals surface area contributed by atoms with Crippen LogP contribution in [0.2, 0.25) is 0 Å². The predicted molar refractivity (Wildman–Crippen MR) is 105 cm³/mol. The van der Waals surface area contributed by atoms with Gasteiger partial charge in [0.15, 0.2) is 0 Å². The third kappa shape index (κ3) is 4.34. The van der Waals surface area contributed by atoms with Gasteiger partial charge in [-0.25, -0.2) is 4.98 Å². The smallest absolute Gasteiger partial charge is 0.267 e. The molecule has 0 aliphatic rings. The van der Waals surface area contributed by atoms with Gasteiger partial charge in [-0.05, 0) is 42.6 Å². The maximum atomic E-state index is 12.5. The zero-order valence-corrected chi connectivity index (χ0v) is 15.9. The lowest BCUT2D eigenvalue weighted by Crippen LogP contribution is -2.17. The van der Waals surface area contributed by atoms with Crippen LogP contribution < -0.4 is 10.6 Å². The van der Waals surface area contributed by atoms with E-state index in [4.69, 9.17) is 4.74 Å². The van der Waals surface area contributed by atoms with Crippen LogP contribution in [0, 0.1) is 6.92 Å². The molecule has 8 heteroatoms. The number of amides is 2. The van der Waals surface area contributed by atoms with Crippen molar-refractivity contribution in [3.05, 3.63) is 51.7 Å². The minimum atomic E-state index is -0.231. The van der Waals surface area contributed by atoms with Crippen molar-refractivity contribution < 1.29 is 14.3 Å². The van der Waals surface area contributed by atoms with E-state index in [2.05, 4.69) is 15.6 Å². The van der Waals surface area contributed by atoms with E-state index in [0.717, 1.165) is 10.6 Å². The van der Waals surface area contributed by atoms with Crippen molar-refractivity contribution in [2.45, 2.75) is 6.92 Å². The molecule has 0 saturated heterocycles. The Morgan fingerprint density at radius 2 is 1.81 bits per heavy atom. The van der Waals surface area contributed by atoms with Crippen molar-refractivity contribution >= 4 is 45.9 Å². The van der Waals surface area contributed by atoms with Gasteiger partial charge in [-0.2, -0.15) is 11.3 Å². The molecule has 3 rings (SSSR count). The Hall–Kier alpha value is -2.55. The first kappa shape index (κ1) is 18.2. The first-order valence-electron chi connectivity index (χ1n) is 7.77. The van der Waals surface area contributed by atoms with Crippen LogP contribution in [0.25, 0.3) is 10.6 Å². The summed E-state index contributed by atoms with van der Waals surface area (Å²) in [6, 6.07) is 8.90. The number of rotatable bonds is 6. The van der Waals surface area contributed by atoms with Crippen LogP contribution >= 0.6 is 22.7 Å². The second kappa shape index (κ2) is 8.22. The average molecular weight is 387 g/mol. The molecule has 6 nitrogen and oxygen atoms in total. The summed E-state index contributed by atoms with van der Waals surface area (Å²) in [6.45, 7) is 1.82. The second-order valence-electron chi connectivity index (χ2n) is 5.46. The van der Waals surface area contributed by atoms with Gasteiger partial charge in [-0.15, -0.1) is 11.3 Å². The number of ether oxygens (including phenoxy) is 1. The molecular weight excluding hydrogens is 370 g/mol. The van der Waals surface area contributed by atoms with E-state index in [1.54, 1.807) is 35.6 Å². The molecule has 2 heterocycles. The van der Waals surface area contributed by atoms with E-state index in [1.165, 1.54) is 18.4 Å². The zero-order chi connectivity index (χ0) is 18.5. The highest BCUT2D eigenvalue weighted by Gasteiger charge is 2.16. The van der Waals surface area contributed by atoms with E-state index >= 15 is 0 Å². The molecule has 0 aliphatic carbocycles. The van der Waals surface area contributed by atoms with Crippen LogP contribution in [0.5, 0.6) is 0 Å². The molecule has 0 spiro atoms. The predicted octanol–water partition coefficient (Wildman–Crippen LogP) is 4.02. The fraction of sp³-hybridized carbons (Fsp3) is 0.167. The van der Waals surface area contributed by atoms with Crippen molar-refractivity contribution in [2.24, 2.45) is 0 Å². The largest absolute Gasteiger partial charge is 0.375 e. The van der Waals surface area contributed by atoms with Crippen LogP contribution in [0.4, 0.5) is 11.4 Å². The maximum absolute atomic E-state index is 12.5. The number of hydrogen-bond donors (Lipinski definition) is 2. The number of carbonyl (C=O) groups excluding carboxylic acids is 2. The molecule has 2 aromatic heterocycles. The molecule has 0 radical (unpaired) electrons. The lowest BCUT2D eigenvalue weighted by atomic mass is 10.2. The lowest BCUT2D eigenvalue weighted by Gasteiger charge is -2.07. The molecule has 0 aliphatic heterocycles. The fourth-order valence-electron chi connectivity index (χ4n) is 2.27. The molecule has 0 unspecified atom stereocenters. The summed E-state index contributed by atoms with van der Waals surface area (Å²) in [6.07, 6.45) is 0. The van der Waals surface area contributed by atoms with Crippen LogP contribution in [0.3, 0.4) is 0 Å². The second-order valence-corrected chi connectivity index (χ2v) is 7.24. The summed E-state index contributed by atoms with van der Waals surface area (Å²) in [5.74, 6) is -0.428. The quantitative estimate of drug-likeness (QED) is 0.669. The minimum absolute atomic E-state index is 0.00436. The maximum Gasteiger partial charge on any atom is 0.267 e. The number of aromatic nitrogens is 1. The minimum Gasteiger partial charge on any atom is -0.375 e. The standard InChI is InChI=1S/C18H17N3O3S2/c1-11-16(26-18(19-11)12-7-8-25-10-12)17(23)21-14-5-3-13(4-6-14)20-15(22)9-24-2/h3-8,10H,9H2,1-2H3,(H,20,22)(H,21,23). The summed E-state index contributed by atoms with van der Waals surface area (Å²) >= 11 is 2.97. The van der Waals surface area contributed by atoms with Gasteiger partial charge in [-0.3, -0.25) is 9.59 Å². The number of carbonyl (C=O) groups is 2. The highest BCUT2D eigenvalue weighted by molar-refractivity contribution is 7.17. The number of aryl methyl sites for hydroxylation is 1. The highest BCUT2D eigenvalue weighted by Crippen LogP contribution is 2.30. The van der Waals surface area contributed by atoms with Crippen LogP contribution in [0.1, 0.15) is 15.4 Å². The van der Waals surface area contributed by atoms with Crippen LogP contribution in [-0.2, 0) is 9.53 Å². The summed E-state index contributed by atoms with van der Waals surface area (Å²) in [5, 5.41) is 10.4. The third-order valence-corrected chi connectivity index (χ3v) is 5.36. The number of nitrogens with one attached hydrogen (secondary N) is 2. The van der Waals surface area contributed by atoms with Gasteiger partial charge in [-0.1, -0.05) is 0 Å². The number of nitrogens with zero attached hydrogens (tertiary/aromatic N) is 1. The van der Waals surface area contributed by atoms with Crippen molar-refractivity contribution in [3.8, 4) is 10.6 Å². The van der Waals surface area contributed by atoms with E-state index in [-0.39, 0.29) is 18.4 Å². The molecule has 26 heavy (non-hydrogen) atoms. The normalized spacial score (nSPS) is 10.5. The number of anilines is 2. The van der Waals surface area contributed by atoms with Gasteiger partial charge < -0.3 is 15.4 Å². The van der Waals surface area contributed by atoms with E-state index in [0.29, 0.717) is 21.9 Å². The molecule has 2 amide bonds. The van der Waals surface area contributed by atoms with E-state index in [9.17, 15) is 9.59 Å². The molecule has 0 bridgehead atoms. The van der Waals surface area contributed by atoms with Crippen LogP contribution in [0.15, 0.2) is 41.1 Å². The van der Waals surface area contributed by atoms with Crippen molar-refractivity contribution in [3.63, 3.8) is 0 Å². The van der Waals surface area contributed by atoms with Gasteiger partial charge in [0.25, 0.3) is 5.91 Å². The number of thiazole rings is 1. The SMILES string of the molecule is COCC(=O)Nc1ccc(NC(=O)c2sc(-c3ccsc3)nc2C)cc1. The summed E-state index contributed by atoms with van der Waals surface area (Å²) < 4.78 is 4.77. The monoisotopic (exact) mass is 387 g/mol. The highest BCUT2D eigenvalue weighted by atomic mass is 32.1. The van der Waals surface area contributed by atoms with Gasteiger partial charge >= 0.3 is 0 Å². The van der Waals surface area contributed by atoms with Crippen molar-refractivity contribution in [1.82, 2.24) is 4.98 Å². The van der Waals surface area contributed by atoms with Crippen molar-refractivity contribution in [2.75, 3.05) is 24.4 Å². The Balaban J connectivity index is 1.67. The number of thiophene rings is 1. The first-order valence-corrected chi connectivity index (χ1v) is 9.53. The first-order chi connectivity index (χ1) is 12.6. The number of methoxy groups -OCH3 is 1. The lowest BCUT2D eigenvalue weighted by molar-refractivity contribution is -0.119. The molecule has 0 fully saturated rings. The average Bonchev–Trinajstić information content (AvgIpc) is 3.26. The van der Waals surface area contributed by atoms with Gasteiger partial charge in [0, 0.05) is 29.4 Å². The Kier molecular flexibility index (Phi) is 5.77. The Labute approximate surface area is 158 Å². The molecule has 1 aromatic carbocycles. The van der Waals surface area contributed by atoms with E-state index < -0.39 is 0 Å². The number of hydrogen-bond acceptors (Lipinski definition) is 6. The Morgan fingerprint density at radius 1 is 1.12 bits per heavy atom. The Bertz CT molecular complexity index is 902. The molecule has 3 aromatic rings. The third-order valence-electron chi connectivity index (χ3n) is 3.47. The summed E-state index contributed by atoms with van der Waals surface area (Å²) in [7, 11) is 1.46.